The molecule has 5 heteroatoms. The smallest absolute Gasteiger partial charge is 0.255 e. The molecule has 1 N–H and O–H groups in total. The molecule has 0 saturated heterocycles. The third-order valence-electron chi connectivity index (χ3n) is 3.55. The van der Waals surface area contributed by atoms with Gasteiger partial charge in [0.1, 0.15) is 5.82 Å². The number of anilines is 1. The average molecular weight is 372 g/mol. The monoisotopic (exact) mass is 371 g/mol. The summed E-state index contributed by atoms with van der Waals surface area (Å²) in [7, 11) is 0. The summed E-state index contributed by atoms with van der Waals surface area (Å²) in [6.07, 6.45) is 0. The van der Waals surface area contributed by atoms with E-state index in [9.17, 15) is 9.18 Å². The SMILES string of the molecule is O=C(Nc1ccccc1SCc1ccc(Cl)cc1)c1ccc(F)cc1. The number of halogens is 2. The van der Waals surface area contributed by atoms with Crippen LogP contribution in [0, 0.1) is 5.82 Å². The molecule has 0 aliphatic carbocycles. The third-order valence-corrected chi connectivity index (χ3v) is 4.95. The zero-order chi connectivity index (χ0) is 17.6. The zero-order valence-electron chi connectivity index (χ0n) is 13.2. The number of hydrogen-bond donors (Lipinski definition) is 1. The number of rotatable bonds is 5. The Bertz CT molecular complexity index is 866. The number of carbonyl (C=O) groups is 1. The Labute approximate surface area is 155 Å². The van der Waals surface area contributed by atoms with Crippen LogP contribution in [0.5, 0.6) is 0 Å². The number of benzene rings is 3. The van der Waals surface area contributed by atoms with E-state index in [1.54, 1.807) is 11.8 Å². The number of thioether (sulfide) groups is 1. The molecule has 3 aromatic rings. The van der Waals surface area contributed by atoms with Crippen molar-refractivity contribution < 1.29 is 9.18 Å². The van der Waals surface area contributed by atoms with Gasteiger partial charge in [0.05, 0.1) is 5.69 Å². The Kier molecular flexibility index (Phi) is 5.74. The fourth-order valence-electron chi connectivity index (χ4n) is 2.23. The number of nitrogens with one attached hydrogen (secondary N) is 1. The van der Waals surface area contributed by atoms with Crippen LogP contribution >= 0.6 is 23.4 Å². The molecule has 0 aliphatic heterocycles. The van der Waals surface area contributed by atoms with Gasteiger partial charge in [0.25, 0.3) is 5.91 Å². The topological polar surface area (TPSA) is 29.1 Å². The van der Waals surface area contributed by atoms with Crippen LogP contribution < -0.4 is 5.32 Å². The van der Waals surface area contributed by atoms with E-state index in [2.05, 4.69) is 5.32 Å². The standard InChI is InChI=1S/C20H15ClFNOS/c21-16-9-5-14(6-10-16)13-25-19-4-2-1-3-18(19)23-20(24)15-7-11-17(22)12-8-15/h1-12H,13H2,(H,23,24). The van der Waals surface area contributed by atoms with Gasteiger partial charge in [-0.15, -0.1) is 11.8 Å². The predicted molar refractivity (Wildman–Crippen MR) is 102 cm³/mol. The number of hydrogen-bond acceptors (Lipinski definition) is 2. The molecule has 1 amide bonds. The lowest BCUT2D eigenvalue weighted by atomic mass is 10.2. The largest absolute Gasteiger partial charge is 0.321 e. The highest BCUT2D eigenvalue weighted by Crippen LogP contribution is 2.30. The quantitative estimate of drug-likeness (QED) is 0.555. The second-order valence-corrected chi connectivity index (χ2v) is 6.83. The summed E-state index contributed by atoms with van der Waals surface area (Å²) in [5, 5.41) is 3.60. The summed E-state index contributed by atoms with van der Waals surface area (Å²) >= 11 is 7.53. The maximum atomic E-state index is 13.0. The van der Waals surface area contributed by atoms with E-state index in [1.165, 1.54) is 24.3 Å². The van der Waals surface area contributed by atoms with Crippen LogP contribution in [0.25, 0.3) is 0 Å². The number of amides is 1. The molecular weight excluding hydrogens is 357 g/mol. The second-order valence-electron chi connectivity index (χ2n) is 5.37. The number of carbonyl (C=O) groups excluding carboxylic acids is 1. The van der Waals surface area contributed by atoms with E-state index in [4.69, 9.17) is 11.6 Å². The highest BCUT2D eigenvalue weighted by molar-refractivity contribution is 7.98. The third kappa shape index (κ3) is 4.84. The molecule has 25 heavy (non-hydrogen) atoms. The molecule has 126 valence electrons. The second kappa shape index (κ2) is 8.19. The molecule has 3 rings (SSSR count). The van der Waals surface area contributed by atoms with Crippen molar-refractivity contribution >= 4 is 35.0 Å². The van der Waals surface area contributed by atoms with Gasteiger partial charge in [-0.1, -0.05) is 35.9 Å². The first kappa shape index (κ1) is 17.5. The van der Waals surface area contributed by atoms with Crippen LogP contribution in [0.4, 0.5) is 10.1 Å². The van der Waals surface area contributed by atoms with Gasteiger partial charge < -0.3 is 5.32 Å². The number of para-hydroxylation sites is 1. The van der Waals surface area contributed by atoms with Gasteiger partial charge in [-0.25, -0.2) is 4.39 Å². The fourth-order valence-corrected chi connectivity index (χ4v) is 3.32. The van der Waals surface area contributed by atoms with Gasteiger partial charge >= 0.3 is 0 Å². The molecule has 3 aromatic carbocycles. The first-order chi connectivity index (χ1) is 12.1. The van der Waals surface area contributed by atoms with Crippen molar-refractivity contribution in [2.45, 2.75) is 10.6 Å². The van der Waals surface area contributed by atoms with E-state index in [-0.39, 0.29) is 11.7 Å². The van der Waals surface area contributed by atoms with Gasteiger partial charge in [-0.05, 0) is 54.1 Å². The molecule has 0 aromatic heterocycles. The van der Waals surface area contributed by atoms with Crippen LogP contribution in [-0.2, 0) is 5.75 Å². The first-order valence-corrected chi connectivity index (χ1v) is 9.01. The summed E-state index contributed by atoms with van der Waals surface area (Å²) in [5.74, 6) is 0.135. The Morgan fingerprint density at radius 2 is 1.64 bits per heavy atom. The molecule has 0 atom stereocenters. The summed E-state index contributed by atoms with van der Waals surface area (Å²) in [6, 6.07) is 20.8. The minimum Gasteiger partial charge on any atom is -0.321 e. The normalized spacial score (nSPS) is 10.5. The minimum atomic E-state index is -0.365. The molecule has 0 bridgehead atoms. The van der Waals surface area contributed by atoms with E-state index in [1.807, 2.05) is 48.5 Å². The Morgan fingerprint density at radius 1 is 0.960 bits per heavy atom. The first-order valence-electron chi connectivity index (χ1n) is 7.65. The summed E-state index contributed by atoms with van der Waals surface area (Å²) < 4.78 is 13.0. The van der Waals surface area contributed by atoms with E-state index < -0.39 is 0 Å². The van der Waals surface area contributed by atoms with E-state index >= 15 is 0 Å². The Hall–Kier alpha value is -2.30. The lowest BCUT2D eigenvalue weighted by molar-refractivity contribution is 0.102. The van der Waals surface area contributed by atoms with Crippen LogP contribution in [0.15, 0.2) is 77.7 Å². The molecule has 0 heterocycles. The molecule has 0 aliphatic rings. The van der Waals surface area contributed by atoms with Crippen molar-refractivity contribution in [3.8, 4) is 0 Å². The molecule has 0 spiro atoms. The van der Waals surface area contributed by atoms with Crippen molar-refractivity contribution in [3.05, 3.63) is 94.8 Å². The van der Waals surface area contributed by atoms with Crippen molar-refractivity contribution in [1.82, 2.24) is 0 Å². The summed E-state index contributed by atoms with van der Waals surface area (Å²) in [6.45, 7) is 0. The van der Waals surface area contributed by atoms with Gasteiger partial charge in [0, 0.05) is 21.2 Å². The molecular formula is C20H15ClFNOS. The van der Waals surface area contributed by atoms with E-state index in [0.717, 1.165) is 21.9 Å². The summed E-state index contributed by atoms with van der Waals surface area (Å²) in [4.78, 5) is 13.3. The van der Waals surface area contributed by atoms with E-state index in [0.29, 0.717) is 10.6 Å². The van der Waals surface area contributed by atoms with Crippen LogP contribution in [0.2, 0.25) is 5.02 Å². The van der Waals surface area contributed by atoms with Crippen molar-refractivity contribution in [2.24, 2.45) is 0 Å². The predicted octanol–water partition coefficient (Wildman–Crippen LogP) is 6.02. The minimum absolute atomic E-state index is 0.264. The lowest BCUT2D eigenvalue weighted by Gasteiger charge is -2.11. The van der Waals surface area contributed by atoms with Crippen molar-refractivity contribution in [1.29, 1.82) is 0 Å². The van der Waals surface area contributed by atoms with Gasteiger partial charge in [0.15, 0.2) is 0 Å². The Balaban J connectivity index is 1.71. The fraction of sp³-hybridized carbons (Fsp3) is 0.0500. The van der Waals surface area contributed by atoms with Gasteiger partial charge in [0.2, 0.25) is 0 Å². The van der Waals surface area contributed by atoms with Gasteiger partial charge in [-0.3, -0.25) is 4.79 Å². The molecule has 2 nitrogen and oxygen atoms in total. The van der Waals surface area contributed by atoms with Crippen molar-refractivity contribution in [2.75, 3.05) is 5.32 Å². The van der Waals surface area contributed by atoms with Crippen LogP contribution in [-0.4, -0.2) is 5.91 Å². The zero-order valence-corrected chi connectivity index (χ0v) is 14.8. The van der Waals surface area contributed by atoms with Crippen molar-refractivity contribution in [3.63, 3.8) is 0 Å². The molecule has 0 unspecified atom stereocenters. The lowest BCUT2D eigenvalue weighted by Crippen LogP contribution is -2.12. The van der Waals surface area contributed by atoms with Crippen LogP contribution in [0.1, 0.15) is 15.9 Å². The molecule has 0 fully saturated rings. The summed E-state index contributed by atoms with van der Waals surface area (Å²) in [5.41, 5.74) is 2.30. The maximum absolute atomic E-state index is 13.0. The molecule has 0 saturated carbocycles. The Morgan fingerprint density at radius 3 is 2.36 bits per heavy atom. The maximum Gasteiger partial charge on any atom is 0.255 e. The molecule has 0 radical (unpaired) electrons. The highest BCUT2D eigenvalue weighted by atomic mass is 35.5. The van der Waals surface area contributed by atoms with Crippen LogP contribution in [0.3, 0.4) is 0 Å². The average Bonchev–Trinajstić information content (AvgIpc) is 2.63. The highest BCUT2D eigenvalue weighted by Gasteiger charge is 2.09. The van der Waals surface area contributed by atoms with Gasteiger partial charge in [-0.2, -0.15) is 0 Å².